The molecule has 1 N–H and O–H groups in total. The third kappa shape index (κ3) is 5.13. The van der Waals surface area contributed by atoms with Crippen molar-refractivity contribution in [3.05, 3.63) is 29.8 Å². The molecule has 0 spiro atoms. The number of halogens is 3. The number of likely N-dealkylation sites (tertiary alicyclic amines) is 1. The summed E-state index contributed by atoms with van der Waals surface area (Å²) in [7, 11) is 0. The molecule has 1 saturated heterocycles. The van der Waals surface area contributed by atoms with Crippen molar-refractivity contribution in [3.8, 4) is 5.75 Å². The van der Waals surface area contributed by atoms with E-state index in [4.69, 9.17) is 5.11 Å². The van der Waals surface area contributed by atoms with Gasteiger partial charge in [0.25, 0.3) is 0 Å². The number of rotatable bonds is 5. The predicted octanol–water partition coefficient (Wildman–Crippen LogP) is 3.01. The topological polar surface area (TPSA) is 49.8 Å². The number of nitrogens with zero attached hydrogens (tertiary/aromatic N) is 1. The SMILES string of the molecule is Cl.O=C(O)C1CCCN(Cc2ccccc2OC(F)F)C1. The summed E-state index contributed by atoms with van der Waals surface area (Å²) in [6, 6.07) is 6.62. The Labute approximate surface area is 128 Å². The number of benzene rings is 1. The number of piperidine rings is 1. The maximum absolute atomic E-state index is 12.3. The van der Waals surface area contributed by atoms with E-state index in [9.17, 15) is 13.6 Å². The van der Waals surface area contributed by atoms with Crippen LogP contribution in [-0.2, 0) is 11.3 Å². The standard InChI is InChI=1S/C14H17F2NO3.ClH/c15-14(16)20-12-6-2-1-4-10(12)8-17-7-3-5-11(9-17)13(18)19;/h1-2,4,6,11,14H,3,5,7-9H2,(H,18,19);1H. The number of carbonyl (C=O) groups is 1. The highest BCUT2D eigenvalue weighted by Gasteiger charge is 2.25. The summed E-state index contributed by atoms with van der Waals surface area (Å²) in [5, 5.41) is 9.05. The second kappa shape index (κ2) is 8.14. The number of alkyl halides is 2. The fraction of sp³-hybridized carbons (Fsp3) is 0.500. The van der Waals surface area contributed by atoms with E-state index in [2.05, 4.69) is 4.74 Å². The number of carboxylic acids is 1. The van der Waals surface area contributed by atoms with Crippen molar-refractivity contribution in [3.63, 3.8) is 0 Å². The molecule has 1 heterocycles. The molecular weight excluding hydrogens is 304 g/mol. The van der Waals surface area contributed by atoms with E-state index < -0.39 is 12.6 Å². The number of hydrogen-bond acceptors (Lipinski definition) is 3. The molecule has 1 aliphatic rings. The van der Waals surface area contributed by atoms with E-state index in [-0.39, 0.29) is 24.1 Å². The zero-order valence-corrected chi connectivity index (χ0v) is 12.2. The number of aliphatic carboxylic acids is 1. The van der Waals surface area contributed by atoms with Crippen molar-refractivity contribution in [2.75, 3.05) is 13.1 Å². The summed E-state index contributed by atoms with van der Waals surface area (Å²) in [5.74, 6) is -1.03. The van der Waals surface area contributed by atoms with Gasteiger partial charge in [0.05, 0.1) is 5.92 Å². The van der Waals surface area contributed by atoms with Gasteiger partial charge >= 0.3 is 12.6 Å². The summed E-state index contributed by atoms with van der Waals surface area (Å²) in [6.45, 7) is -1.22. The van der Waals surface area contributed by atoms with Crippen molar-refractivity contribution in [2.45, 2.75) is 26.0 Å². The molecule has 1 atom stereocenters. The Kier molecular flexibility index (Phi) is 6.84. The Morgan fingerprint density at radius 1 is 1.43 bits per heavy atom. The quantitative estimate of drug-likeness (QED) is 0.905. The molecular formula is C14H18ClF2NO3. The molecule has 1 aliphatic heterocycles. The van der Waals surface area contributed by atoms with Crippen LogP contribution in [0.25, 0.3) is 0 Å². The summed E-state index contributed by atoms with van der Waals surface area (Å²) in [5.41, 5.74) is 0.652. The van der Waals surface area contributed by atoms with Crippen molar-refractivity contribution in [1.82, 2.24) is 4.90 Å². The highest BCUT2D eigenvalue weighted by Crippen LogP contribution is 2.24. The van der Waals surface area contributed by atoms with Gasteiger partial charge in [-0.2, -0.15) is 8.78 Å². The van der Waals surface area contributed by atoms with Crippen LogP contribution in [0, 0.1) is 5.92 Å². The molecule has 1 aromatic rings. The third-order valence-corrected chi connectivity index (χ3v) is 3.44. The van der Waals surface area contributed by atoms with E-state index in [0.717, 1.165) is 13.0 Å². The molecule has 0 saturated carbocycles. The summed E-state index contributed by atoms with van der Waals surface area (Å²) < 4.78 is 29.2. The van der Waals surface area contributed by atoms with Gasteiger partial charge in [-0.3, -0.25) is 9.69 Å². The molecule has 1 fully saturated rings. The van der Waals surface area contributed by atoms with Gasteiger partial charge in [0.15, 0.2) is 0 Å². The van der Waals surface area contributed by atoms with Crippen LogP contribution in [0.5, 0.6) is 5.75 Å². The monoisotopic (exact) mass is 321 g/mol. The highest BCUT2D eigenvalue weighted by molar-refractivity contribution is 5.85. The first-order valence-corrected chi connectivity index (χ1v) is 6.54. The number of para-hydroxylation sites is 1. The molecule has 4 nitrogen and oxygen atoms in total. The predicted molar refractivity (Wildman–Crippen MR) is 76.0 cm³/mol. The molecule has 1 aromatic carbocycles. The van der Waals surface area contributed by atoms with Gasteiger partial charge in [0.1, 0.15) is 5.75 Å². The van der Waals surface area contributed by atoms with Crippen LogP contribution >= 0.6 is 12.4 Å². The van der Waals surface area contributed by atoms with Crippen molar-refractivity contribution in [2.24, 2.45) is 5.92 Å². The Bertz CT molecular complexity index is 473. The van der Waals surface area contributed by atoms with Crippen LogP contribution in [0.3, 0.4) is 0 Å². The van der Waals surface area contributed by atoms with E-state index in [1.165, 1.54) is 6.07 Å². The maximum atomic E-state index is 12.3. The van der Waals surface area contributed by atoms with Crippen LogP contribution in [0.2, 0.25) is 0 Å². The minimum absolute atomic E-state index is 0. The minimum atomic E-state index is -2.86. The fourth-order valence-corrected chi connectivity index (χ4v) is 2.49. The zero-order chi connectivity index (χ0) is 14.5. The molecule has 7 heteroatoms. The zero-order valence-electron chi connectivity index (χ0n) is 11.4. The Hall–Kier alpha value is -1.40. The number of hydrogen-bond donors (Lipinski definition) is 1. The smallest absolute Gasteiger partial charge is 0.387 e. The van der Waals surface area contributed by atoms with Gasteiger partial charge in [-0.1, -0.05) is 18.2 Å². The van der Waals surface area contributed by atoms with Crippen LogP contribution in [0.4, 0.5) is 8.78 Å². The molecule has 0 aliphatic carbocycles. The van der Waals surface area contributed by atoms with Gasteiger partial charge in [-0.25, -0.2) is 0 Å². The van der Waals surface area contributed by atoms with Gasteiger partial charge < -0.3 is 9.84 Å². The lowest BCUT2D eigenvalue weighted by molar-refractivity contribution is -0.143. The lowest BCUT2D eigenvalue weighted by atomic mass is 9.98. The van der Waals surface area contributed by atoms with Crippen LogP contribution < -0.4 is 4.74 Å². The first-order valence-electron chi connectivity index (χ1n) is 6.54. The second-order valence-corrected chi connectivity index (χ2v) is 4.90. The Morgan fingerprint density at radius 3 is 2.81 bits per heavy atom. The van der Waals surface area contributed by atoms with Crippen molar-refractivity contribution >= 4 is 18.4 Å². The molecule has 118 valence electrons. The van der Waals surface area contributed by atoms with Crippen LogP contribution in [-0.4, -0.2) is 35.7 Å². The normalized spacial score (nSPS) is 19.1. The van der Waals surface area contributed by atoms with Crippen molar-refractivity contribution < 1.29 is 23.4 Å². The molecule has 21 heavy (non-hydrogen) atoms. The average Bonchev–Trinajstić information content (AvgIpc) is 2.41. The van der Waals surface area contributed by atoms with Crippen molar-refractivity contribution in [1.29, 1.82) is 0 Å². The van der Waals surface area contributed by atoms with E-state index in [1.54, 1.807) is 18.2 Å². The lowest BCUT2D eigenvalue weighted by Crippen LogP contribution is -2.38. The molecule has 1 unspecified atom stereocenters. The first-order chi connectivity index (χ1) is 9.56. The number of ether oxygens (including phenoxy) is 1. The van der Waals surface area contributed by atoms with Gasteiger partial charge in [0, 0.05) is 18.7 Å². The molecule has 0 bridgehead atoms. The largest absolute Gasteiger partial charge is 0.481 e. The summed E-state index contributed by atoms with van der Waals surface area (Å²) >= 11 is 0. The van der Waals surface area contributed by atoms with Gasteiger partial charge in [0.2, 0.25) is 0 Å². The summed E-state index contributed by atoms with van der Waals surface area (Å²) in [6.07, 6.45) is 1.47. The highest BCUT2D eigenvalue weighted by atomic mass is 35.5. The van der Waals surface area contributed by atoms with Crippen LogP contribution in [0.1, 0.15) is 18.4 Å². The average molecular weight is 322 g/mol. The molecule has 2 rings (SSSR count). The third-order valence-electron chi connectivity index (χ3n) is 3.44. The Balaban J connectivity index is 0.00000220. The Morgan fingerprint density at radius 2 is 2.14 bits per heavy atom. The maximum Gasteiger partial charge on any atom is 0.387 e. The van der Waals surface area contributed by atoms with Crippen LogP contribution in [0.15, 0.2) is 24.3 Å². The molecule has 0 radical (unpaired) electrons. The molecule has 0 amide bonds. The summed E-state index contributed by atoms with van der Waals surface area (Å²) in [4.78, 5) is 13.0. The fourth-order valence-electron chi connectivity index (χ4n) is 2.49. The second-order valence-electron chi connectivity index (χ2n) is 4.90. The minimum Gasteiger partial charge on any atom is -0.481 e. The van der Waals surface area contributed by atoms with Gasteiger partial charge in [-0.15, -0.1) is 12.4 Å². The van der Waals surface area contributed by atoms with Gasteiger partial charge in [-0.05, 0) is 25.5 Å². The first kappa shape index (κ1) is 17.7. The van der Waals surface area contributed by atoms with E-state index in [0.29, 0.717) is 25.1 Å². The molecule has 0 aromatic heterocycles. The lowest BCUT2D eigenvalue weighted by Gasteiger charge is -2.31. The van der Waals surface area contributed by atoms with E-state index >= 15 is 0 Å². The number of carboxylic acid groups (broad SMARTS) is 1. The van der Waals surface area contributed by atoms with E-state index in [1.807, 2.05) is 4.90 Å².